The highest BCUT2D eigenvalue weighted by atomic mass is 32.1. The van der Waals surface area contributed by atoms with E-state index in [1.54, 1.807) is 11.3 Å². The van der Waals surface area contributed by atoms with Crippen molar-refractivity contribution in [1.29, 1.82) is 0 Å². The molecule has 2 aliphatic rings. The van der Waals surface area contributed by atoms with E-state index in [0.717, 1.165) is 59.8 Å². The maximum atomic E-state index is 13.3. The number of nitrogens with two attached hydrogens (primary N) is 1. The standard InChI is InChI=1S/C22H20N4OS/c27-21(22(10-4-5-11-22)15-6-2-1-3-7-15)24-16-8-9-17-18(12-16)26-20(25-17)19-13-28-14-23-19/h1-3,6-9,12-14H,4-5,10-11H2,(H,24,27)(H,25,26)/p+1. The molecule has 1 fully saturated rings. The average Bonchev–Trinajstić information content (AvgIpc) is 3.48. The van der Waals surface area contributed by atoms with Crippen LogP contribution in [0.4, 0.5) is 17.1 Å². The zero-order valence-corrected chi connectivity index (χ0v) is 16.2. The van der Waals surface area contributed by atoms with Crippen molar-refractivity contribution in [3.63, 3.8) is 0 Å². The number of aromatic nitrogens is 1. The van der Waals surface area contributed by atoms with Crippen LogP contribution in [-0.2, 0) is 10.2 Å². The Kier molecular flexibility index (Phi) is 4.30. The predicted octanol–water partition coefficient (Wildman–Crippen LogP) is 3.88. The van der Waals surface area contributed by atoms with Gasteiger partial charge in [-0.05, 0) is 30.5 Å². The number of thiazole rings is 1. The number of nitrogens with one attached hydrogen (secondary N) is 1. The summed E-state index contributed by atoms with van der Waals surface area (Å²) >= 11 is 1.56. The summed E-state index contributed by atoms with van der Waals surface area (Å²) in [5, 5.41) is 7.20. The van der Waals surface area contributed by atoms with Gasteiger partial charge in [-0.3, -0.25) is 10.1 Å². The molecule has 6 heteroatoms. The molecular weight excluding hydrogens is 368 g/mol. The summed E-state index contributed by atoms with van der Waals surface area (Å²) in [6.45, 7) is 0. The predicted molar refractivity (Wildman–Crippen MR) is 112 cm³/mol. The third-order valence-corrected chi connectivity index (χ3v) is 6.32. The normalized spacial score (nSPS) is 17.2. The molecule has 5 rings (SSSR count). The fourth-order valence-corrected chi connectivity index (χ4v) is 4.81. The van der Waals surface area contributed by atoms with Gasteiger partial charge in [0, 0.05) is 17.1 Å². The number of hydrogen-bond donors (Lipinski definition) is 2. The highest BCUT2D eigenvalue weighted by Gasteiger charge is 2.42. The average molecular weight is 390 g/mol. The Balaban J connectivity index is 1.38. The van der Waals surface area contributed by atoms with E-state index in [1.807, 2.05) is 52.6 Å². The largest absolute Gasteiger partial charge is 0.325 e. The van der Waals surface area contributed by atoms with E-state index >= 15 is 0 Å². The fraction of sp³-hybridized carbons (Fsp3) is 0.227. The lowest BCUT2D eigenvalue weighted by atomic mass is 9.78. The first-order valence-corrected chi connectivity index (χ1v) is 10.5. The van der Waals surface area contributed by atoms with Crippen molar-refractivity contribution in [3.8, 4) is 0 Å². The first-order valence-electron chi connectivity index (χ1n) is 9.58. The summed E-state index contributed by atoms with van der Waals surface area (Å²) in [7, 11) is 0. The number of hydrogen-bond acceptors (Lipinski definition) is 4. The molecule has 0 unspecified atom stereocenters. The van der Waals surface area contributed by atoms with Gasteiger partial charge < -0.3 is 5.32 Å². The fourth-order valence-electron chi connectivity index (χ4n) is 4.26. The molecule has 28 heavy (non-hydrogen) atoms. The zero-order valence-electron chi connectivity index (χ0n) is 15.4. The Bertz CT molecular complexity index is 1040. The Morgan fingerprint density at radius 1 is 1.11 bits per heavy atom. The van der Waals surface area contributed by atoms with Gasteiger partial charge in [0.25, 0.3) is 5.84 Å². The maximum Gasteiger partial charge on any atom is 0.257 e. The third-order valence-electron chi connectivity index (χ3n) is 5.73. The van der Waals surface area contributed by atoms with E-state index in [0.29, 0.717) is 0 Å². The number of benzene rings is 2. The molecule has 2 aromatic carbocycles. The van der Waals surface area contributed by atoms with Gasteiger partial charge in [0.15, 0.2) is 11.4 Å². The minimum atomic E-state index is -0.424. The van der Waals surface area contributed by atoms with Crippen molar-refractivity contribution >= 4 is 40.1 Å². The highest BCUT2D eigenvalue weighted by Crippen LogP contribution is 2.42. The lowest BCUT2D eigenvalue weighted by Gasteiger charge is -2.28. The van der Waals surface area contributed by atoms with Crippen LogP contribution in [0.25, 0.3) is 0 Å². The quantitative estimate of drug-likeness (QED) is 0.665. The summed E-state index contributed by atoms with van der Waals surface area (Å²) < 4.78 is 0. The molecule has 0 spiro atoms. The molecule has 5 nitrogen and oxygen atoms in total. The number of nitrogens with zero attached hydrogens (tertiary/aromatic N) is 2. The van der Waals surface area contributed by atoms with Crippen LogP contribution >= 0.6 is 11.3 Å². The summed E-state index contributed by atoms with van der Waals surface area (Å²) in [4.78, 5) is 22.3. The number of carbonyl (C=O) groups excluding carboxylic acids is 1. The molecule has 0 saturated heterocycles. The Labute approximate surface area is 167 Å². The lowest BCUT2D eigenvalue weighted by Crippen LogP contribution is -2.80. The molecule has 0 radical (unpaired) electrons. The van der Waals surface area contributed by atoms with Crippen LogP contribution in [-0.4, -0.2) is 16.7 Å². The van der Waals surface area contributed by atoms with Crippen molar-refractivity contribution in [2.75, 3.05) is 5.32 Å². The van der Waals surface area contributed by atoms with Gasteiger partial charge in [0.1, 0.15) is 5.69 Å². The van der Waals surface area contributed by atoms with Gasteiger partial charge in [0.2, 0.25) is 5.91 Å². The van der Waals surface area contributed by atoms with Crippen LogP contribution in [0.15, 0.2) is 64.4 Å². The van der Waals surface area contributed by atoms with Crippen LogP contribution in [0.3, 0.4) is 0 Å². The summed E-state index contributed by atoms with van der Waals surface area (Å²) in [5.74, 6) is 0.964. The minimum absolute atomic E-state index is 0.0924. The maximum absolute atomic E-state index is 13.3. The third kappa shape index (κ3) is 2.95. The van der Waals surface area contributed by atoms with E-state index in [2.05, 4.69) is 27.4 Å². The van der Waals surface area contributed by atoms with Gasteiger partial charge in [-0.2, -0.15) is 4.99 Å². The number of anilines is 1. The number of quaternary nitrogens is 1. The van der Waals surface area contributed by atoms with E-state index in [4.69, 9.17) is 0 Å². The first kappa shape index (κ1) is 17.3. The van der Waals surface area contributed by atoms with Gasteiger partial charge in [0.05, 0.1) is 10.9 Å². The topological polar surface area (TPSA) is 71.0 Å². The van der Waals surface area contributed by atoms with Crippen molar-refractivity contribution in [3.05, 3.63) is 70.7 Å². The van der Waals surface area contributed by atoms with Crippen molar-refractivity contribution in [1.82, 2.24) is 4.98 Å². The van der Waals surface area contributed by atoms with Crippen molar-refractivity contribution in [2.24, 2.45) is 4.99 Å². The molecule has 1 aliphatic carbocycles. The van der Waals surface area contributed by atoms with Crippen LogP contribution in [0.2, 0.25) is 0 Å². The molecule has 1 amide bonds. The molecular formula is C22H21N4OS+. The Morgan fingerprint density at radius 2 is 1.93 bits per heavy atom. The number of carbonyl (C=O) groups is 1. The van der Waals surface area contributed by atoms with Gasteiger partial charge in [-0.15, -0.1) is 11.3 Å². The monoisotopic (exact) mass is 389 g/mol. The molecule has 0 atom stereocenters. The lowest BCUT2D eigenvalue weighted by molar-refractivity contribution is -0.437. The summed E-state index contributed by atoms with van der Waals surface area (Å²) in [6, 6.07) is 16.1. The van der Waals surface area contributed by atoms with Crippen LogP contribution < -0.4 is 10.6 Å². The summed E-state index contributed by atoms with van der Waals surface area (Å²) in [5.41, 5.74) is 6.14. The Hall–Kier alpha value is -2.83. The zero-order chi connectivity index (χ0) is 19.0. The van der Waals surface area contributed by atoms with Gasteiger partial charge in [-0.25, -0.2) is 4.98 Å². The minimum Gasteiger partial charge on any atom is -0.325 e. The van der Waals surface area contributed by atoms with E-state index in [-0.39, 0.29) is 5.91 Å². The molecule has 2 heterocycles. The number of fused-ring (bicyclic) bond motifs is 1. The SMILES string of the molecule is O=C(Nc1ccc2c(c1)[NH2+]C(c1cscn1)=N2)C1(c2ccccc2)CCCC1. The van der Waals surface area contributed by atoms with Gasteiger partial charge >= 0.3 is 0 Å². The number of rotatable bonds is 4. The smallest absolute Gasteiger partial charge is 0.257 e. The number of amidine groups is 1. The van der Waals surface area contributed by atoms with Crippen LogP contribution in [0.5, 0.6) is 0 Å². The van der Waals surface area contributed by atoms with Crippen molar-refractivity contribution < 1.29 is 10.1 Å². The second kappa shape index (κ2) is 6.96. The second-order valence-corrected chi connectivity index (χ2v) is 8.12. The molecule has 3 aromatic rings. The van der Waals surface area contributed by atoms with Gasteiger partial charge in [-0.1, -0.05) is 43.2 Å². The molecule has 0 bridgehead atoms. The Morgan fingerprint density at radius 3 is 2.68 bits per heavy atom. The van der Waals surface area contributed by atoms with E-state index < -0.39 is 5.41 Å². The van der Waals surface area contributed by atoms with E-state index in [1.165, 1.54) is 0 Å². The molecule has 1 aromatic heterocycles. The van der Waals surface area contributed by atoms with Crippen molar-refractivity contribution in [2.45, 2.75) is 31.1 Å². The van der Waals surface area contributed by atoms with E-state index in [9.17, 15) is 4.79 Å². The number of amides is 1. The second-order valence-electron chi connectivity index (χ2n) is 7.40. The molecule has 3 N–H and O–H groups in total. The number of aliphatic imine (C=N–C) groups is 1. The molecule has 1 aliphatic heterocycles. The summed E-state index contributed by atoms with van der Waals surface area (Å²) in [6.07, 6.45) is 3.98. The first-order chi connectivity index (χ1) is 13.7. The van der Waals surface area contributed by atoms with Crippen LogP contribution in [0, 0.1) is 0 Å². The van der Waals surface area contributed by atoms with Crippen LogP contribution in [0.1, 0.15) is 36.9 Å². The highest BCUT2D eigenvalue weighted by molar-refractivity contribution is 7.07. The molecule has 1 saturated carbocycles. The molecule has 140 valence electrons.